The summed E-state index contributed by atoms with van der Waals surface area (Å²) in [5.41, 5.74) is 2.47. The third-order valence-electron chi connectivity index (χ3n) is 5.52. The van der Waals surface area contributed by atoms with E-state index in [2.05, 4.69) is 64.1 Å². The number of likely N-dealkylation sites (tertiary alicyclic amines) is 1. The number of halogens is 1. The predicted octanol–water partition coefficient (Wildman–Crippen LogP) is 3.97. The van der Waals surface area contributed by atoms with Gasteiger partial charge < -0.3 is 10.6 Å². The number of aryl methyl sites for hydroxylation is 2. The smallest absolute Gasteiger partial charge is 0.191 e. The van der Waals surface area contributed by atoms with E-state index in [9.17, 15) is 0 Å². The van der Waals surface area contributed by atoms with E-state index in [4.69, 9.17) is 4.99 Å². The third-order valence-corrected chi connectivity index (χ3v) is 6.46. The lowest BCUT2D eigenvalue weighted by Gasteiger charge is -2.38. The quantitative estimate of drug-likeness (QED) is 0.209. The highest BCUT2D eigenvalue weighted by molar-refractivity contribution is 14.0. The Morgan fingerprint density at radius 3 is 2.97 bits per heavy atom. The Kier molecular flexibility index (Phi) is 10.4. The fourth-order valence-electron chi connectivity index (χ4n) is 4.02. The monoisotopic (exact) mass is 530 g/mol. The van der Waals surface area contributed by atoms with Crippen molar-refractivity contribution in [1.29, 1.82) is 0 Å². The van der Waals surface area contributed by atoms with Gasteiger partial charge >= 0.3 is 0 Å². The summed E-state index contributed by atoms with van der Waals surface area (Å²) in [7, 11) is 2.25. The molecule has 2 atom stereocenters. The lowest BCUT2D eigenvalue weighted by molar-refractivity contribution is 0.128. The number of piperidine rings is 1. The summed E-state index contributed by atoms with van der Waals surface area (Å²) < 4.78 is 0. The van der Waals surface area contributed by atoms with Gasteiger partial charge in [0.05, 0.1) is 6.20 Å². The lowest BCUT2D eigenvalue weighted by Crippen LogP contribution is -2.40. The zero-order chi connectivity index (χ0) is 19.8. The van der Waals surface area contributed by atoms with E-state index in [0.717, 1.165) is 38.4 Å². The molecule has 1 saturated heterocycles. The number of aromatic amines is 1. The maximum absolute atomic E-state index is 4.94. The molecular formula is C21H35IN6S. The van der Waals surface area contributed by atoms with Crippen LogP contribution in [0.2, 0.25) is 0 Å². The zero-order valence-corrected chi connectivity index (χ0v) is 20.9. The SMILES string of the molecule is CCNC(=NCC1CCCN(C)C1c1cccs1)NCCCc1cn[nH]c1C.I. The molecule has 1 aliphatic rings. The number of aromatic nitrogens is 2. The molecule has 3 N–H and O–H groups in total. The molecule has 29 heavy (non-hydrogen) atoms. The van der Waals surface area contributed by atoms with Crippen LogP contribution in [0.3, 0.4) is 0 Å². The van der Waals surface area contributed by atoms with Gasteiger partial charge in [-0.1, -0.05) is 6.07 Å². The molecule has 0 saturated carbocycles. The van der Waals surface area contributed by atoms with Crippen LogP contribution >= 0.6 is 35.3 Å². The predicted molar refractivity (Wildman–Crippen MR) is 133 cm³/mol. The largest absolute Gasteiger partial charge is 0.357 e. The maximum atomic E-state index is 4.94. The molecule has 162 valence electrons. The number of hydrogen-bond donors (Lipinski definition) is 3. The van der Waals surface area contributed by atoms with Gasteiger partial charge in [-0.25, -0.2) is 0 Å². The molecule has 3 rings (SSSR count). The van der Waals surface area contributed by atoms with Crippen molar-refractivity contribution >= 4 is 41.3 Å². The zero-order valence-electron chi connectivity index (χ0n) is 17.8. The second-order valence-electron chi connectivity index (χ2n) is 7.61. The Balaban J connectivity index is 0.00000300. The summed E-state index contributed by atoms with van der Waals surface area (Å²) in [4.78, 5) is 8.91. The molecule has 6 nitrogen and oxygen atoms in total. The van der Waals surface area contributed by atoms with Gasteiger partial charge in [-0.15, -0.1) is 35.3 Å². The third kappa shape index (κ3) is 6.96. The number of H-pyrrole nitrogens is 1. The summed E-state index contributed by atoms with van der Waals surface area (Å²) in [6.07, 6.45) is 6.53. The van der Waals surface area contributed by atoms with Crippen LogP contribution in [0, 0.1) is 12.8 Å². The first-order chi connectivity index (χ1) is 13.7. The molecule has 8 heteroatoms. The maximum Gasteiger partial charge on any atom is 0.191 e. The summed E-state index contributed by atoms with van der Waals surface area (Å²) >= 11 is 1.87. The Labute approximate surface area is 196 Å². The van der Waals surface area contributed by atoms with Crippen molar-refractivity contribution in [3.63, 3.8) is 0 Å². The van der Waals surface area contributed by atoms with Crippen LogP contribution in [0.1, 0.15) is 48.4 Å². The second-order valence-corrected chi connectivity index (χ2v) is 8.59. The molecule has 0 radical (unpaired) electrons. The topological polar surface area (TPSA) is 68.3 Å². The molecule has 0 amide bonds. The van der Waals surface area contributed by atoms with Crippen LogP contribution in [-0.4, -0.2) is 54.3 Å². The Morgan fingerprint density at radius 1 is 1.41 bits per heavy atom. The second kappa shape index (κ2) is 12.5. The molecule has 0 bridgehead atoms. The van der Waals surface area contributed by atoms with Crippen LogP contribution in [0.4, 0.5) is 0 Å². The molecule has 0 aliphatic carbocycles. The first-order valence-corrected chi connectivity index (χ1v) is 11.3. The van der Waals surface area contributed by atoms with Gasteiger partial charge in [0.25, 0.3) is 0 Å². The number of thiophene rings is 1. The minimum absolute atomic E-state index is 0. The van der Waals surface area contributed by atoms with Crippen LogP contribution < -0.4 is 10.6 Å². The highest BCUT2D eigenvalue weighted by Crippen LogP contribution is 2.37. The summed E-state index contributed by atoms with van der Waals surface area (Å²) in [6.45, 7) is 8.03. The van der Waals surface area contributed by atoms with Crippen molar-refractivity contribution in [2.75, 3.05) is 33.2 Å². The van der Waals surface area contributed by atoms with Crippen LogP contribution in [0.25, 0.3) is 0 Å². The fourth-order valence-corrected chi connectivity index (χ4v) is 5.01. The average Bonchev–Trinajstić information content (AvgIpc) is 3.35. The van der Waals surface area contributed by atoms with Crippen molar-refractivity contribution in [2.24, 2.45) is 10.9 Å². The van der Waals surface area contributed by atoms with Gasteiger partial charge in [0.15, 0.2) is 5.96 Å². The van der Waals surface area contributed by atoms with E-state index in [1.807, 2.05) is 17.5 Å². The highest BCUT2D eigenvalue weighted by Gasteiger charge is 2.31. The van der Waals surface area contributed by atoms with Crippen molar-refractivity contribution < 1.29 is 0 Å². The molecular weight excluding hydrogens is 495 g/mol. The molecule has 0 spiro atoms. The first-order valence-electron chi connectivity index (χ1n) is 10.4. The first kappa shape index (κ1) is 24.1. The van der Waals surface area contributed by atoms with Crippen LogP contribution in [0.5, 0.6) is 0 Å². The van der Waals surface area contributed by atoms with E-state index in [-0.39, 0.29) is 24.0 Å². The van der Waals surface area contributed by atoms with Gasteiger partial charge in [-0.05, 0) is 76.1 Å². The van der Waals surface area contributed by atoms with E-state index in [1.54, 1.807) is 0 Å². The molecule has 3 heterocycles. The molecule has 1 aliphatic heterocycles. The molecule has 1 fully saturated rings. The molecule has 2 unspecified atom stereocenters. The van der Waals surface area contributed by atoms with Crippen LogP contribution in [-0.2, 0) is 6.42 Å². The average molecular weight is 531 g/mol. The van der Waals surface area contributed by atoms with Gasteiger partial charge in [-0.2, -0.15) is 5.10 Å². The number of hydrogen-bond acceptors (Lipinski definition) is 4. The highest BCUT2D eigenvalue weighted by atomic mass is 127. The number of guanidine groups is 1. The Hall–Kier alpha value is -1.13. The van der Waals surface area contributed by atoms with Gasteiger partial charge in [0.1, 0.15) is 0 Å². The van der Waals surface area contributed by atoms with E-state index >= 15 is 0 Å². The standard InChI is InChI=1S/C21H34N6S.HI/c1-4-22-21(23-11-5-8-17-15-25-26-16(17)2)24-14-18-9-6-12-27(3)20(18)19-10-7-13-28-19;/h7,10,13,15,18,20H,4-6,8-9,11-12,14H2,1-3H3,(H,25,26)(H2,22,23,24);1H. The van der Waals surface area contributed by atoms with Gasteiger partial charge in [-0.3, -0.25) is 15.0 Å². The minimum atomic E-state index is 0. The molecule has 2 aromatic heterocycles. The molecule has 0 aromatic carbocycles. The minimum Gasteiger partial charge on any atom is -0.357 e. The van der Waals surface area contributed by atoms with Crippen molar-refractivity contribution in [3.8, 4) is 0 Å². The summed E-state index contributed by atoms with van der Waals surface area (Å²) in [5, 5.41) is 16.2. The Morgan fingerprint density at radius 2 is 2.28 bits per heavy atom. The Bertz CT molecular complexity index is 729. The molecule has 2 aromatic rings. The van der Waals surface area contributed by atoms with Crippen molar-refractivity contribution in [1.82, 2.24) is 25.7 Å². The van der Waals surface area contributed by atoms with Crippen LogP contribution in [0.15, 0.2) is 28.7 Å². The number of rotatable bonds is 8. The van der Waals surface area contributed by atoms with E-state index in [0.29, 0.717) is 12.0 Å². The summed E-state index contributed by atoms with van der Waals surface area (Å²) in [5.74, 6) is 1.51. The van der Waals surface area contributed by atoms with E-state index in [1.165, 1.54) is 35.5 Å². The number of aliphatic imine (C=N–C) groups is 1. The lowest BCUT2D eigenvalue weighted by atomic mass is 9.88. The summed E-state index contributed by atoms with van der Waals surface area (Å²) in [6, 6.07) is 4.93. The van der Waals surface area contributed by atoms with Gasteiger partial charge in [0, 0.05) is 36.2 Å². The van der Waals surface area contributed by atoms with Crippen molar-refractivity contribution in [2.45, 2.75) is 45.6 Å². The number of nitrogens with zero attached hydrogens (tertiary/aromatic N) is 3. The normalized spacial score (nSPS) is 20.3. The van der Waals surface area contributed by atoms with Crippen molar-refractivity contribution in [3.05, 3.63) is 39.8 Å². The van der Waals surface area contributed by atoms with Gasteiger partial charge in [0.2, 0.25) is 0 Å². The fraction of sp³-hybridized carbons (Fsp3) is 0.619. The number of nitrogens with one attached hydrogen (secondary N) is 3. The van der Waals surface area contributed by atoms with E-state index < -0.39 is 0 Å².